The molecule has 2 aromatic carbocycles. The maximum atomic E-state index is 12.9. The van der Waals surface area contributed by atoms with Crippen LogP contribution in [0.3, 0.4) is 0 Å². The van der Waals surface area contributed by atoms with Crippen LogP contribution in [0.15, 0.2) is 18.2 Å². The summed E-state index contributed by atoms with van der Waals surface area (Å²) in [5.41, 5.74) is 10.1. The SMILES string of the molecule is NCCCCCN1C(=O)c2cc(C(=O)[O-])cc3c(N)c(C(=O)[O-])cc(c23)C1=O.[K+].[K+]. The number of imide groups is 1. The maximum absolute atomic E-state index is 12.9. The third-order valence-electron chi connectivity index (χ3n) is 4.77. The number of hydrogen-bond donors (Lipinski definition) is 2. The largest absolute Gasteiger partial charge is 1.00 e. The van der Waals surface area contributed by atoms with Gasteiger partial charge in [-0.25, -0.2) is 0 Å². The number of rotatable bonds is 7. The molecule has 0 spiro atoms. The average molecular weight is 462 g/mol. The van der Waals surface area contributed by atoms with Crippen molar-refractivity contribution in [1.29, 1.82) is 0 Å². The van der Waals surface area contributed by atoms with Gasteiger partial charge in [0.25, 0.3) is 11.8 Å². The van der Waals surface area contributed by atoms with E-state index < -0.39 is 29.3 Å². The second-order valence-corrected chi connectivity index (χ2v) is 6.52. The Hall–Kier alpha value is -0.187. The standard InChI is InChI=1S/C19H19N3O6.2K/c20-4-2-1-3-5-22-16(23)11-7-9(18(25)26)6-10-14(11)12(17(22)24)8-13(15(10)21)19(27)28;;/h6-8H,1-5,20-21H2,(H,25,26)(H,27,28);;/q;2*+1/p-2. The van der Waals surface area contributed by atoms with Gasteiger partial charge in [0.05, 0.1) is 11.9 Å². The molecule has 0 radical (unpaired) electrons. The van der Waals surface area contributed by atoms with Gasteiger partial charge in [-0.3, -0.25) is 14.5 Å². The molecule has 0 atom stereocenters. The summed E-state index contributed by atoms with van der Waals surface area (Å²) in [4.78, 5) is 49.5. The molecule has 1 aliphatic heterocycles. The number of carbonyl (C=O) groups is 4. The number of nitrogens with zero attached hydrogens (tertiary/aromatic N) is 1. The Kier molecular flexibility index (Phi) is 10.8. The molecule has 11 heteroatoms. The van der Waals surface area contributed by atoms with Crippen molar-refractivity contribution in [2.75, 3.05) is 18.8 Å². The molecular formula is C19H17K2N3O6. The number of carboxylic acid groups (broad SMARTS) is 2. The number of hydrogen-bond acceptors (Lipinski definition) is 8. The Morgan fingerprint density at radius 2 is 1.50 bits per heavy atom. The summed E-state index contributed by atoms with van der Waals surface area (Å²) in [7, 11) is 0. The van der Waals surface area contributed by atoms with Gasteiger partial charge in [-0.15, -0.1) is 0 Å². The Balaban J connectivity index is 0.00000225. The van der Waals surface area contributed by atoms with E-state index in [-0.39, 0.29) is 142 Å². The van der Waals surface area contributed by atoms with Crippen molar-refractivity contribution in [3.63, 3.8) is 0 Å². The fourth-order valence-corrected chi connectivity index (χ4v) is 3.39. The summed E-state index contributed by atoms with van der Waals surface area (Å²) in [5, 5.41) is 22.9. The molecule has 0 bridgehead atoms. The number of unbranched alkanes of at least 4 members (excludes halogenated alkanes) is 2. The van der Waals surface area contributed by atoms with Crippen molar-refractivity contribution in [3.8, 4) is 0 Å². The Bertz CT molecular complexity index is 1020. The van der Waals surface area contributed by atoms with E-state index in [1.54, 1.807) is 0 Å². The molecular weight excluding hydrogens is 444 g/mol. The monoisotopic (exact) mass is 461 g/mol. The van der Waals surface area contributed by atoms with Gasteiger partial charge in [0.15, 0.2) is 0 Å². The van der Waals surface area contributed by atoms with Gasteiger partial charge in [0, 0.05) is 39.7 Å². The van der Waals surface area contributed by atoms with E-state index in [2.05, 4.69) is 0 Å². The van der Waals surface area contributed by atoms with Crippen LogP contribution >= 0.6 is 0 Å². The summed E-state index contributed by atoms with van der Waals surface area (Å²) < 4.78 is 0. The van der Waals surface area contributed by atoms with Crippen molar-refractivity contribution in [2.24, 2.45) is 5.73 Å². The summed E-state index contributed by atoms with van der Waals surface area (Å²) in [5.74, 6) is -4.51. The fraction of sp³-hybridized carbons (Fsp3) is 0.263. The van der Waals surface area contributed by atoms with Gasteiger partial charge >= 0.3 is 103 Å². The molecule has 3 rings (SSSR count). The third-order valence-corrected chi connectivity index (χ3v) is 4.77. The second-order valence-electron chi connectivity index (χ2n) is 6.52. The van der Waals surface area contributed by atoms with Crippen LogP contribution < -0.4 is 124 Å². The van der Waals surface area contributed by atoms with Gasteiger partial charge < -0.3 is 31.3 Å². The molecule has 0 saturated carbocycles. The topological polar surface area (TPSA) is 170 Å². The zero-order valence-corrected chi connectivity index (χ0v) is 23.1. The predicted octanol–water partition coefficient (Wildman–Crippen LogP) is -7.12. The molecule has 0 saturated heterocycles. The molecule has 1 heterocycles. The molecule has 4 N–H and O–H groups in total. The first kappa shape index (κ1) is 27.8. The van der Waals surface area contributed by atoms with Crippen LogP contribution in [0.25, 0.3) is 10.8 Å². The van der Waals surface area contributed by atoms with Crippen LogP contribution in [-0.4, -0.2) is 41.7 Å². The molecule has 0 aromatic heterocycles. The molecule has 0 unspecified atom stereocenters. The molecule has 1 aliphatic rings. The van der Waals surface area contributed by atoms with Crippen LogP contribution in [0.5, 0.6) is 0 Å². The third kappa shape index (κ3) is 5.23. The number of anilines is 1. The van der Waals surface area contributed by atoms with Gasteiger partial charge in [-0.2, -0.15) is 0 Å². The molecule has 9 nitrogen and oxygen atoms in total. The zero-order chi connectivity index (χ0) is 20.6. The van der Waals surface area contributed by atoms with E-state index in [1.165, 1.54) is 0 Å². The summed E-state index contributed by atoms with van der Waals surface area (Å²) in [6.45, 7) is 0.576. The van der Waals surface area contributed by atoms with Crippen molar-refractivity contribution in [3.05, 3.63) is 40.5 Å². The summed E-state index contributed by atoms with van der Waals surface area (Å²) in [6.07, 6.45) is 1.93. The number of aromatic carboxylic acids is 2. The Labute approximate surface area is 257 Å². The van der Waals surface area contributed by atoms with Crippen LogP contribution in [0.2, 0.25) is 0 Å². The van der Waals surface area contributed by atoms with Crippen LogP contribution in [0.1, 0.15) is 60.7 Å². The second kappa shape index (κ2) is 11.6. The minimum Gasteiger partial charge on any atom is -0.545 e. The Morgan fingerprint density at radius 3 is 2.03 bits per heavy atom. The summed E-state index contributed by atoms with van der Waals surface area (Å²) in [6, 6.07) is 3.27. The van der Waals surface area contributed by atoms with Gasteiger partial charge in [-0.1, -0.05) is 6.42 Å². The van der Waals surface area contributed by atoms with Crippen molar-refractivity contribution >= 4 is 40.2 Å². The van der Waals surface area contributed by atoms with Crippen LogP contribution in [-0.2, 0) is 0 Å². The smallest absolute Gasteiger partial charge is 0.545 e. The molecule has 146 valence electrons. The van der Waals surface area contributed by atoms with Gasteiger partial charge in [0.2, 0.25) is 0 Å². The average Bonchev–Trinajstić information content (AvgIpc) is 2.65. The molecule has 30 heavy (non-hydrogen) atoms. The van der Waals surface area contributed by atoms with Crippen LogP contribution in [0.4, 0.5) is 5.69 Å². The van der Waals surface area contributed by atoms with E-state index in [0.717, 1.165) is 29.5 Å². The minimum absolute atomic E-state index is 0. The number of amides is 2. The van der Waals surface area contributed by atoms with E-state index >= 15 is 0 Å². The van der Waals surface area contributed by atoms with Crippen LogP contribution in [0, 0.1) is 0 Å². The number of nitrogens with two attached hydrogens (primary N) is 2. The summed E-state index contributed by atoms with van der Waals surface area (Å²) >= 11 is 0. The Morgan fingerprint density at radius 1 is 0.900 bits per heavy atom. The molecule has 2 amide bonds. The van der Waals surface area contributed by atoms with Crippen molar-refractivity contribution in [2.45, 2.75) is 19.3 Å². The molecule has 0 fully saturated rings. The normalized spacial score (nSPS) is 12.4. The first-order chi connectivity index (χ1) is 13.3. The maximum Gasteiger partial charge on any atom is 1.00 e. The van der Waals surface area contributed by atoms with Crippen molar-refractivity contribution < 1.29 is 132 Å². The van der Waals surface area contributed by atoms with Crippen molar-refractivity contribution in [1.82, 2.24) is 4.90 Å². The first-order valence-electron chi connectivity index (χ1n) is 8.67. The quantitative estimate of drug-likeness (QED) is 0.177. The molecule has 2 aromatic rings. The van der Waals surface area contributed by atoms with E-state index in [0.29, 0.717) is 19.4 Å². The van der Waals surface area contributed by atoms with E-state index in [1.807, 2.05) is 0 Å². The predicted molar refractivity (Wildman–Crippen MR) is 95.3 cm³/mol. The van der Waals surface area contributed by atoms with E-state index in [4.69, 9.17) is 11.5 Å². The van der Waals surface area contributed by atoms with Gasteiger partial charge in [0.1, 0.15) is 0 Å². The first-order valence-corrected chi connectivity index (χ1v) is 8.67. The number of nitrogen functional groups attached to an aromatic ring is 1. The molecule has 0 aliphatic carbocycles. The number of carboxylic acids is 2. The number of benzene rings is 2. The minimum atomic E-state index is -1.62. The number of carbonyl (C=O) groups excluding carboxylic acids is 4. The van der Waals surface area contributed by atoms with Gasteiger partial charge in [-0.05, 0) is 43.1 Å². The van der Waals surface area contributed by atoms with E-state index in [9.17, 15) is 29.4 Å². The fourth-order valence-electron chi connectivity index (χ4n) is 3.39. The zero-order valence-electron chi connectivity index (χ0n) is 16.8.